The van der Waals surface area contributed by atoms with Crippen molar-refractivity contribution in [1.29, 1.82) is 0 Å². The second-order valence-corrected chi connectivity index (χ2v) is 7.28. The average Bonchev–Trinajstić information content (AvgIpc) is 3.13. The van der Waals surface area contributed by atoms with Crippen molar-refractivity contribution in [3.05, 3.63) is 47.0 Å². The maximum absolute atomic E-state index is 12.5. The van der Waals surface area contributed by atoms with E-state index in [0.717, 1.165) is 31.6 Å². The Bertz CT molecular complexity index is 773. The molecule has 25 heavy (non-hydrogen) atoms. The fourth-order valence-corrected chi connectivity index (χ4v) is 4.22. The van der Waals surface area contributed by atoms with Gasteiger partial charge in [-0.05, 0) is 48.8 Å². The highest BCUT2D eigenvalue weighted by atomic mass is 35.5. The number of aromatic nitrogens is 3. The molecule has 1 aliphatic heterocycles. The van der Waals surface area contributed by atoms with Crippen molar-refractivity contribution < 1.29 is 4.79 Å². The predicted molar refractivity (Wildman–Crippen MR) is 96.5 cm³/mol. The number of carbonyl (C=O) groups excluding carboxylic acids is 1. The molecular weight excluding hydrogens is 336 g/mol. The van der Waals surface area contributed by atoms with Crippen molar-refractivity contribution in [3.63, 3.8) is 0 Å². The first-order valence-corrected chi connectivity index (χ1v) is 9.61. The van der Waals surface area contributed by atoms with Gasteiger partial charge in [0, 0.05) is 25.6 Å². The van der Waals surface area contributed by atoms with Crippen LogP contribution < -0.4 is 0 Å². The summed E-state index contributed by atoms with van der Waals surface area (Å²) in [6, 6.07) is 6.84. The van der Waals surface area contributed by atoms with E-state index in [4.69, 9.17) is 11.6 Å². The summed E-state index contributed by atoms with van der Waals surface area (Å²) in [6.07, 6.45) is 8.11. The monoisotopic (exact) mass is 358 g/mol. The molecular formula is C19H23ClN4O. The molecule has 1 unspecified atom stereocenters. The van der Waals surface area contributed by atoms with E-state index in [1.165, 1.54) is 36.0 Å². The van der Waals surface area contributed by atoms with E-state index in [2.05, 4.69) is 28.3 Å². The molecule has 0 fully saturated rings. The van der Waals surface area contributed by atoms with Crippen LogP contribution in [-0.4, -0.2) is 37.5 Å². The van der Waals surface area contributed by atoms with Crippen molar-refractivity contribution >= 4 is 17.5 Å². The largest absolute Gasteiger partial charge is 0.334 e. The molecule has 6 heteroatoms. The lowest BCUT2D eigenvalue weighted by atomic mass is 9.90. The Kier molecular flexibility index (Phi) is 4.75. The minimum absolute atomic E-state index is 0.00245. The lowest BCUT2D eigenvalue weighted by molar-refractivity contribution is -0.132. The summed E-state index contributed by atoms with van der Waals surface area (Å²) in [6.45, 7) is 1.42. The molecule has 2 aliphatic rings. The molecule has 132 valence electrons. The third kappa shape index (κ3) is 3.43. The minimum Gasteiger partial charge on any atom is -0.334 e. The number of carbonyl (C=O) groups is 1. The van der Waals surface area contributed by atoms with Crippen LogP contribution in [0.3, 0.4) is 0 Å². The Morgan fingerprint density at radius 2 is 2.12 bits per heavy atom. The smallest absolute Gasteiger partial charge is 0.238 e. The van der Waals surface area contributed by atoms with E-state index in [-0.39, 0.29) is 17.8 Å². The molecule has 1 amide bonds. The molecule has 0 saturated heterocycles. The molecule has 5 nitrogen and oxygen atoms in total. The first kappa shape index (κ1) is 16.6. The Balaban J connectivity index is 1.55. The number of amides is 1. The molecule has 1 aromatic heterocycles. The lowest BCUT2D eigenvalue weighted by Crippen LogP contribution is -2.44. The van der Waals surface area contributed by atoms with Gasteiger partial charge in [-0.3, -0.25) is 4.79 Å². The van der Waals surface area contributed by atoms with Gasteiger partial charge >= 0.3 is 0 Å². The number of aryl methyl sites for hydroxylation is 3. The van der Waals surface area contributed by atoms with E-state index in [1.807, 2.05) is 9.58 Å². The zero-order valence-corrected chi connectivity index (χ0v) is 15.1. The van der Waals surface area contributed by atoms with Crippen LogP contribution in [0, 0.1) is 0 Å². The Morgan fingerprint density at radius 1 is 1.28 bits per heavy atom. The van der Waals surface area contributed by atoms with E-state index < -0.39 is 0 Å². The van der Waals surface area contributed by atoms with Crippen LogP contribution in [-0.2, 0) is 37.1 Å². The number of hydrogen-bond donors (Lipinski definition) is 0. The first-order valence-electron chi connectivity index (χ1n) is 9.07. The van der Waals surface area contributed by atoms with E-state index in [0.29, 0.717) is 6.54 Å². The van der Waals surface area contributed by atoms with Gasteiger partial charge in [-0.2, -0.15) is 5.10 Å². The number of rotatable bonds is 4. The zero-order valence-electron chi connectivity index (χ0n) is 14.3. The van der Waals surface area contributed by atoms with Gasteiger partial charge in [-0.1, -0.05) is 18.2 Å². The van der Waals surface area contributed by atoms with Crippen molar-refractivity contribution in [2.45, 2.75) is 57.7 Å². The minimum atomic E-state index is -0.00245. The normalized spacial score (nSPS) is 19.2. The molecule has 1 aliphatic carbocycles. The summed E-state index contributed by atoms with van der Waals surface area (Å²) >= 11 is 5.90. The molecule has 0 radical (unpaired) electrons. The van der Waals surface area contributed by atoms with Crippen LogP contribution in [0.1, 0.15) is 41.8 Å². The van der Waals surface area contributed by atoms with E-state index in [1.54, 1.807) is 6.33 Å². The number of halogens is 1. The van der Waals surface area contributed by atoms with E-state index >= 15 is 0 Å². The van der Waals surface area contributed by atoms with Crippen LogP contribution in [0.2, 0.25) is 0 Å². The lowest BCUT2D eigenvalue weighted by Gasteiger charge is -2.34. The predicted octanol–water partition coefficient (Wildman–Crippen LogP) is 2.74. The zero-order chi connectivity index (χ0) is 17.2. The van der Waals surface area contributed by atoms with Gasteiger partial charge in [0.1, 0.15) is 18.0 Å². The summed E-state index contributed by atoms with van der Waals surface area (Å²) in [5.74, 6) is 0.972. The summed E-state index contributed by atoms with van der Waals surface area (Å²) < 4.78 is 1.93. The van der Waals surface area contributed by atoms with Crippen molar-refractivity contribution in [2.75, 3.05) is 5.88 Å². The van der Waals surface area contributed by atoms with Gasteiger partial charge < -0.3 is 4.90 Å². The van der Waals surface area contributed by atoms with Gasteiger partial charge in [0.05, 0.1) is 0 Å². The van der Waals surface area contributed by atoms with Crippen LogP contribution in [0.25, 0.3) is 0 Å². The van der Waals surface area contributed by atoms with Gasteiger partial charge in [-0.15, -0.1) is 11.6 Å². The molecule has 1 aromatic carbocycles. The molecule has 0 bridgehead atoms. The highest BCUT2D eigenvalue weighted by Crippen LogP contribution is 2.25. The van der Waals surface area contributed by atoms with Gasteiger partial charge in [0.15, 0.2) is 0 Å². The second kappa shape index (κ2) is 7.16. The van der Waals surface area contributed by atoms with Crippen molar-refractivity contribution in [3.8, 4) is 0 Å². The topological polar surface area (TPSA) is 51.0 Å². The van der Waals surface area contributed by atoms with Gasteiger partial charge in [0.2, 0.25) is 5.91 Å². The third-order valence-electron chi connectivity index (χ3n) is 5.43. The molecule has 2 heterocycles. The summed E-state index contributed by atoms with van der Waals surface area (Å²) in [4.78, 5) is 18.8. The fraction of sp³-hybridized carbons (Fsp3) is 0.526. The van der Waals surface area contributed by atoms with Gasteiger partial charge in [0.25, 0.3) is 0 Å². The third-order valence-corrected chi connectivity index (χ3v) is 5.66. The Morgan fingerprint density at radius 3 is 2.96 bits per heavy atom. The number of fused-ring (bicyclic) bond motifs is 2. The number of hydrogen-bond acceptors (Lipinski definition) is 3. The molecule has 4 rings (SSSR count). The number of alkyl halides is 1. The average molecular weight is 359 g/mol. The van der Waals surface area contributed by atoms with Crippen LogP contribution in [0.15, 0.2) is 24.5 Å². The highest BCUT2D eigenvalue weighted by molar-refractivity contribution is 6.27. The van der Waals surface area contributed by atoms with Crippen LogP contribution >= 0.6 is 11.6 Å². The highest BCUT2D eigenvalue weighted by Gasteiger charge is 2.28. The maximum atomic E-state index is 12.5. The number of nitrogens with zero attached hydrogens (tertiary/aromatic N) is 4. The SMILES string of the molecule is O=C(CCl)N(Cc1ccc2c(c1)CCCC2)C1CCn2ncnc2C1. The van der Waals surface area contributed by atoms with Gasteiger partial charge in [-0.25, -0.2) is 9.67 Å². The number of benzene rings is 1. The summed E-state index contributed by atoms with van der Waals surface area (Å²) in [7, 11) is 0. The fourth-order valence-electron chi connectivity index (χ4n) is 4.06. The molecule has 0 saturated carbocycles. The summed E-state index contributed by atoms with van der Waals surface area (Å²) in [5, 5.41) is 4.22. The molecule has 0 spiro atoms. The Hall–Kier alpha value is -1.88. The van der Waals surface area contributed by atoms with Crippen LogP contribution in [0.5, 0.6) is 0 Å². The molecule has 1 atom stereocenters. The molecule has 0 N–H and O–H groups in total. The van der Waals surface area contributed by atoms with Crippen molar-refractivity contribution in [2.24, 2.45) is 0 Å². The quantitative estimate of drug-likeness (QED) is 0.790. The van der Waals surface area contributed by atoms with Crippen molar-refractivity contribution in [1.82, 2.24) is 19.7 Å². The van der Waals surface area contributed by atoms with E-state index in [9.17, 15) is 4.79 Å². The standard InChI is InChI=1S/C19H23ClN4O/c20-11-19(25)23(17-7-8-24-18(10-17)21-13-22-24)12-14-5-6-15-3-1-2-4-16(15)9-14/h5-6,9,13,17H,1-4,7-8,10-12H2. The second-order valence-electron chi connectivity index (χ2n) is 7.01. The van der Waals surface area contributed by atoms with Crippen LogP contribution in [0.4, 0.5) is 0 Å². The maximum Gasteiger partial charge on any atom is 0.238 e. The Labute approximate surface area is 153 Å². The first-order chi connectivity index (χ1) is 12.2. The summed E-state index contributed by atoms with van der Waals surface area (Å²) in [5.41, 5.74) is 4.12. The molecule has 2 aromatic rings.